The Kier molecular flexibility index (Phi) is 5.97. The molecule has 0 saturated heterocycles. The first-order valence-corrected chi connectivity index (χ1v) is 9.76. The fourth-order valence-corrected chi connectivity index (χ4v) is 4.10. The van der Waals surface area contributed by atoms with E-state index >= 15 is 0 Å². The zero-order valence-corrected chi connectivity index (χ0v) is 15.3. The fourth-order valence-electron chi connectivity index (χ4n) is 3.18. The average molecular weight is 356 g/mol. The number of hydrogen-bond acceptors (Lipinski definition) is 3. The van der Waals surface area contributed by atoms with Crippen LogP contribution in [0.3, 0.4) is 0 Å². The van der Waals surface area contributed by atoms with Crippen LogP contribution in [0.2, 0.25) is 0 Å². The molecule has 25 heavy (non-hydrogen) atoms. The third-order valence-corrected chi connectivity index (χ3v) is 5.67. The highest BCUT2D eigenvalue weighted by atomic mass is 32.2. The molecule has 4 nitrogen and oxygen atoms in total. The van der Waals surface area contributed by atoms with E-state index in [4.69, 9.17) is 0 Å². The summed E-state index contributed by atoms with van der Waals surface area (Å²) < 4.78 is 0. The second-order valence-corrected chi connectivity index (χ2v) is 7.98. The minimum absolute atomic E-state index is 0.199. The summed E-state index contributed by atoms with van der Waals surface area (Å²) in [6.07, 6.45) is 5.53. The average Bonchev–Trinajstić information content (AvgIpc) is 2.62. The van der Waals surface area contributed by atoms with Crippen molar-refractivity contribution in [3.05, 3.63) is 42.5 Å². The molecule has 0 bridgehead atoms. The lowest BCUT2D eigenvalue weighted by molar-refractivity contribution is -0.119. The van der Waals surface area contributed by atoms with Crippen LogP contribution >= 0.6 is 11.8 Å². The van der Waals surface area contributed by atoms with Gasteiger partial charge in [-0.15, -0.1) is 11.8 Å². The molecule has 5 heteroatoms. The molecule has 0 aliphatic heterocycles. The van der Waals surface area contributed by atoms with Crippen LogP contribution in [0.4, 0.5) is 4.79 Å². The van der Waals surface area contributed by atoms with Gasteiger partial charge < -0.3 is 5.32 Å². The molecule has 1 aliphatic rings. The molecule has 2 aromatic carbocycles. The zero-order valence-electron chi connectivity index (χ0n) is 14.5. The molecule has 0 unspecified atom stereocenters. The topological polar surface area (TPSA) is 58.2 Å². The summed E-state index contributed by atoms with van der Waals surface area (Å²) in [6.45, 7) is 1.82. The van der Waals surface area contributed by atoms with Crippen molar-refractivity contribution in [1.29, 1.82) is 0 Å². The number of amides is 3. The van der Waals surface area contributed by atoms with Crippen molar-refractivity contribution in [1.82, 2.24) is 10.6 Å². The van der Waals surface area contributed by atoms with Crippen LogP contribution in [0.1, 0.15) is 39.0 Å². The van der Waals surface area contributed by atoms with Gasteiger partial charge >= 0.3 is 6.03 Å². The number of urea groups is 1. The first-order chi connectivity index (χ1) is 12.1. The number of carbonyl (C=O) groups is 2. The van der Waals surface area contributed by atoms with Crippen LogP contribution in [0.5, 0.6) is 0 Å². The lowest BCUT2D eigenvalue weighted by Gasteiger charge is -2.23. The van der Waals surface area contributed by atoms with Gasteiger partial charge in [-0.25, -0.2) is 4.79 Å². The van der Waals surface area contributed by atoms with Crippen molar-refractivity contribution in [2.75, 3.05) is 0 Å². The third-order valence-electron chi connectivity index (χ3n) is 4.58. The van der Waals surface area contributed by atoms with E-state index in [-0.39, 0.29) is 23.2 Å². The molecule has 3 rings (SSSR count). The Morgan fingerprint density at radius 2 is 1.76 bits per heavy atom. The molecule has 2 N–H and O–H groups in total. The Morgan fingerprint density at radius 3 is 2.52 bits per heavy atom. The van der Waals surface area contributed by atoms with Crippen molar-refractivity contribution in [3.63, 3.8) is 0 Å². The van der Waals surface area contributed by atoms with Gasteiger partial charge in [0.15, 0.2) is 0 Å². The quantitative estimate of drug-likeness (QED) is 0.794. The molecule has 0 spiro atoms. The monoisotopic (exact) mass is 356 g/mol. The molecule has 132 valence electrons. The molecule has 0 heterocycles. The van der Waals surface area contributed by atoms with Crippen molar-refractivity contribution in [3.8, 4) is 0 Å². The van der Waals surface area contributed by atoms with Crippen molar-refractivity contribution in [2.24, 2.45) is 0 Å². The summed E-state index contributed by atoms with van der Waals surface area (Å²) in [5, 5.41) is 7.38. The summed E-state index contributed by atoms with van der Waals surface area (Å²) >= 11 is 1.46. The molecule has 1 atom stereocenters. The molecule has 1 saturated carbocycles. The van der Waals surface area contributed by atoms with Crippen molar-refractivity contribution in [2.45, 2.75) is 55.2 Å². The van der Waals surface area contributed by atoms with Gasteiger partial charge in [-0.3, -0.25) is 10.1 Å². The molecule has 3 amide bonds. The normalized spacial score (nSPS) is 16.4. The Balaban J connectivity index is 1.53. The molecular formula is C20H24N2O2S. The standard InChI is InChI=1S/C20H24N2O2S/c1-14(19(23)22-20(24)21-17-9-3-2-4-10-17)25-18-12-11-15-7-5-6-8-16(15)13-18/h5-8,11-14,17H,2-4,9-10H2,1H3,(H2,21,22,23,24)/t14-/m0/s1. The highest BCUT2D eigenvalue weighted by Gasteiger charge is 2.20. The zero-order chi connectivity index (χ0) is 17.6. The van der Waals surface area contributed by atoms with Gasteiger partial charge in [0, 0.05) is 10.9 Å². The summed E-state index contributed by atoms with van der Waals surface area (Å²) in [5.74, 6) is -0.258. The first-order valence-electron chi connectivity index (χ1n) is 8.88. The number of imide groups is 1. The predicted molar refractivity (Wildman–Crippen MR) is 103 cm³/mol. The number of carbonyl (C=O) groups excluding carboxylic acids is 2. The number of benzene rings is 2. The van der Waals surface area contributed by atoms with Crippen molar-refractivity contribution >= 4 is 34.5 Å². The van der Waals surface area contributed by atoms with Crippen LogP contribution in [0, 0.1) is 0 Å². The fraction of sp³-hybridized carbons (Fsp3) is 0.400. The van der Waals surface area contributed by atoms with Crippen LogP contribution in [-0.2, 0) is 4.79 Å². The number of fused-ring (bicyclic) bond motifs is 1. The Hall–Kier alpha value is -2.01. The van der Waals surface area contributed by atoms with Crippen LogP contribution in [0.25, 0.3) is 10.8 Å². The second kappa shape index (κ2) is 8.39. The summed E-state index contributed by atoms with van der Waals surface area (Å²) in [7, 11) is 0. The van der Waals surface area contributed by atoms with E-state index in [1.165, 1.54) is 23.6 Å². The molecule has 0 radical (unpaired) electrons. The van der Waals surface area contributed by atoms with E-state index in [9.17, 15) is 9.59 Å². The Labute approximate surface area is 152 Å². The largest absolute Gasteiger partial charge is 0.335 e. The van der Waals surface area contributed by atoms with Crippen LogP contribution in [-0.4, -0.2) is 23.2 Å². The maximum Gasteiger partial charge on any atom is 0.321 e. The minimum Gasteiger partial charge on any atom is -0.335 e. The number of hydrogen-bond donors (Lipinski definition) is 2. The van der Waals surface area contributed by atoms with E-state index in [1.807, 2.05) is 25.1 Å². The van der Waals surface area contributed by atoms with Gasteiger partial charge in [-0.1, -0.05) is 49.6 Å². The van der Waals surface area contributed by atoms with Crippen LogP contribution in [0.15, 0.2) is 47.4 Å². The Morgan fingerprint density at radius 1 is 1.04 bits per heavy atom. The molecule has 1 aliphatic carbocycles. The Bertz CT molecular complexity index is 756. The summed E-state index contributed by atoms with van der Waals surface area (Å²) in [5.41, 5.74) is 0. The number of rotatable bonds is 4. The second-order valence-electron chi connectivity index (χ2n) is 6.57. The third kappa shape index (κ3) is 4.98. The lowest BCUT2D eigenvalue weighted by atomic mass is 9.96. The van der Waals surface area contributed by atoms with Gasteiger partial charge in [-0.05, 0) is 42.7 Å². The highest BCUT2D eigenvalue weighted by Crippen LogP contribution is 2.27. The van der Waals surface area contributed by atoms with E-state index in [2.05, 4.69) is 34.9 Å². The van der Waals surface area contributed by atoms with E-state index in [0.29, 0.717) is 0 Å². The molecule has 1 fully saturated rings. The van der Waals surface area contributed by atoms with Crippen LogP contribution < -0.4 is 10.6 Å². The van der Waals surface area contributed by atoms with E-state index < -0.39 is 0 Å². The number of nitrogens with one attached hydrogen (secondary N) is 2. The first kappa shape index (κ1) is 17.8. The lowest BCUT2D eigenvalue weighted by Crippen LogP contribution is -2.47. The van der Waals surface area contributed by atoms with E-state index in [0.717, 1.165) is 36.0 Å². The predicted octanol–water partition coefficient (Wildman–Crippen LogP) is 4.48. The highest BCUT2D eigenvalue weighted by molar-refractivity contribution is 8.00. The number of thioether (sulfide) groups is 1. The molecule has 0 aromatic heterocycles. The smallest absolute Gasteiger partial charge is 0.321 e. The maximum absolute atomic E-state index is 12.3. The minimum atomic E-state index is -0.372. The van der Waals surface area contributed by atoms with Gasteiger partial charge in [-0.2, -0.15) is 0 Å². The van der Waals surface area contributed by atoms with Gasteiger partial charge in [0.25, 0.3) is 0 Å². The molecular weight excluding hydrogens is 332 g/mol. The van der Waals surface area contributed by atoms with E-state index in [1.54, 1.807) is 0 Å². The van der Waals surface area contributed by atoms with Gasteiger partial charge in [0.1, 0.15) is 0 Å². The van der Waals surface area contributed by atoms with Crippen molar-refractivity contribution < 1.29 is 9.59 Å². The maximum atomic E-state index is 12.3. The SMILES string of the molecule is C[C@H](Sc1ccc2ccccc2c1)C(=O)NC(=O)NC1CCCCC1. The molecule has 2 aromatic rings. The van der Waals surface area contributed by atoms with Gasteiger partial charge in [0.2, 0.25) is 5.91 Å². The summed E-state index contributed by atoms with van der Waals surface area (Å²) in [4.78, 5) is 25.3. The summed E-state index contributed by atoms with van der Waals surface area (Å²) in [6, 6.07) is 14.1. The van der Waals surface area contributed by atoms with Gasteiger partial charge in [0.05, 0.1) is 5.25 Å².